The van der Waals surface area contributed by atoms with Crippen LogP contribution in [0.1, 0.15) is 29.7 Å². The van der Waals surface area contributed by atoms with Crippen molar-refractivity contribution in [2.75, 3.05) is 18.6 Å². The van der Waals surface area contributed by atoms with Crippen molar-refractivity contribution in [3.63, 3.8) is 0 Å². The van der Waals surface area contributed by atoms with Gasteiger partial charge >= 0.3 is 0 Å². The second-order valence-corrected chi connectivity index (χ2v) is 7.69. The molecule has 3 aromatic carbocycles. The average Bonchev–Trinajstić information content (AvgIpc) is 3.10. The highest BCUT2D eigenvalue weighted by atomic mass is 16.5. The molecular weight excluding hydrogens is 418 g/mol. The monoisotopic (exact) mass is 443 g/mol. The Morgan fingerprint density at radius 2 is 1.70 bits per heavy atom. The van der Waals surface area contributed by atoms with Crippen LogP contribution in [0.4, 0.5) is 5.69 Å². The molecule has 1 atom stereocenters. The van der Waals surface area contributed by atoms with Gasteiger partial charge in [0.2, 0.25) is 0 Å². The first-order chi connectivity index (χ1) is 16.0. The van der Waals surface area contributed by atoms with E-state index in [4.69, 9.17) is 9.47 Å². The number of Topliss-reactive ketones (excluding diaryl/α,β-unsaturated/α-hetero) is 1. The van der Waals surface area contributed by atoms with Crippen molar-refractivity contribution in [3.05, 3.63) is 95.1 Å². The predicted molar refractivity (Wildman–Crippen MR) is 127 cm³/mol. The third-order valence-electron chi connectivity index (χ3n) is 5.67. The van der Waals surface area contributed by atoms with Crippen molar-refractivity contribution in [2.24, 2.45) is 0 Å². The number of anilines is 1. The maximum atomic E-state index is 13.3. The minimum atomic E-state index is -0.811. The molecule has 1 unspecified atom stereocenters. The van der Waals surface area contributed by atoms with E-state index in [2.05, 4.69) is 0 Å². The maximum Gasteiger partial charge on any atom is 0.300 e. The Labute approximate surface area is 192 Å². The maximum absolute atomic E-state index is 13.3. The fraction of sp³-hybridized carbons (Fsp3) is 0.185. The molecule has 1 aliphatic rings. The standard InChI is InChI=1S/C27H25NO5/c1-4-33-21-10-7-9-19(16-21)24-23(25(29)18-12-14-20(32-3)15-13-18)26(30)27(31)28(24)22-11-6-5-8-17(22)2/h5-16,24,29H,4H2,1-3H3/b25-23-. The van der Waals surface area contributed by atoms with Crippen molar-refractivity contribution in [1.82, 2.24) is 0 Å². The first kappa shape index (κ1) is 22.1. The number of aryl methyl sites for hydroxylation is 1. The second kappa shape index (κ2) is 9.20. The largest absolute Gasteiger partial charge is 0.507 e. The molecule has 6 heteroatoms. The normalized spacial score (nSPS) is 17.3. The van der Waals surface area contributed by atoms with E-state index < -0.39 is 17.7 Å². The van der Waals surface area contributed by atoms with E-state index in [1.165, 1.54) is 4.90 Å². The number of rotatable bonds is 6. The van der Waals surface area contributed by atoms with Crippen LogP contribution in [0.15, 0.2) is 78.4 Å². The molecule has 1 saturated heterocycles. The summed E-state index contributed by atoms with van der Waals surface area (Å²) in [4.78, 5) is 28.0. The zero-order valence-corrected chi connectivity index (χ0v) is 18.7. The van der Waals surface area contributed by atoms with Gasteiger partial charge in [-0.25, -0.2) is 0 Å². The Hall–Kier alpha value is -4.06. The first-order valence-corrected chi connectivity index (χ1v) is 10.7. The van der Waals surface area contributed by atoms with E-state index in [9.17, 15) is 14.7 Å². The number of hydrogen-bond acceptors (Lipinski definition) is 5. The van der Waals surface area contributed by atoms with E-state index >= 15 is 0 Å². The van der Waals surface area contributed by atoms with Gasteiger partial charge in [0.25, 0.3) is 11.7 Å². The molecule has 4 rings (SSSR count). The number of amides is 1. The molecule has 6 nitrogen and oxygen atoms in total. The molecule has 0 aromatic heterocycles. The smallest absolute Gasteiger partial charge is 0.300 e. The number of nitrogens with zero attached hydrogens (tertiary/aromatic N) is 1. The number of hydrogen-bond donors (Lipinski definition) is 1. The lowest BCUT2D eigenvalue weighted by Gasteiger charge is -2.27. The van der Waals surface area contributed by atoms with Gasteiger partial charge in [-0.2, -0.15) is 0 Å². The zero-order valence-electron chi connectivity index (χ0n) is 18.7. The summed E-state index contributed by atoms with van der Waals surface area (Å²) in [6.07, 6.45) is 0. The Bertz CT molecular complexity index is 1230. The van der Waals surface area contributed by atoms with Gasteiger partial charge < -0.3 is 14.6 Å². The van der Waals surface area contributed by atoms with Crippen LogP contribution in [0, 0.1) is 6.92 Å². The summed E-state index contributed by atoms with van der Waals surface area (Å²) in [5, 5.41) is 11.2. The van der Waals surface area contributed by atoms with Crippen LogP contribution in [0.2, 0.25) is 0 Å². The Kier molecular flexibility index (Phi) is 6.18. The van der Waals surface area contributed by atoms with Crippen LogP contribution in [-0.4, -0.2) is 30.5 Å². The summed E-state index contributed by atoms with van der Waals surface area (Å²) >= 11 is 0. The van der Waals surface area contributed by atoms with Crippen LogP contribution in [0.25, 0.3) is 5.76 Å². The number of methoxy groups -OCH3 is 1. The van der Waals surface area contributed by atoms with E-state index in [0.717, 1.165) is 5.56 Å². The van der Waals surface area contributed by atoms with E-state index in [1.807, 2.05) is 50.2 Å². The van der Waals surface area contributed by atoms with Gasteiger partial charge in [0.05, 0.1) is 25.3 Å². The summed E-state index contributed by atoms with van der Waals surface area (Å²) < 4.78 is 10.8. The fourth-order valence-corrected chi connectivity index (χ4v) is 4.08. The number of benzene rings is 3. The molecule has 0 radical (unpaired) electrons. The number of aliphatic hydroxyl groups is 1. The lowest BCUT2D eigenvalue weighted by molar-refractivity contribution is -0.132. The van der Waals surface area contributed by atoms with Crippen molar-refractivity contribution >= 4 is 23.1 Å². The second-order valence-electron chi connectivity index (χ2n) is 7.69. The number of aliphatic hydroxyl groups excluding tert-OH is 1. The predicted octanol–water partition coefficient (Wildman–Crippen LogP) is 5.03. The Balaban J connectivity index is 1.94. The van der Waals surface area contributed by atoms with Gasteiger partial charge in [0.1, 0.15) is 17.3 Å². The highest BCUT2D eigenvalue weighted by Gasteiger charge is 2.47. The van der Waals surface area contributed by atoms with Gasteiger partial charge in [0.15, 0.2) is 0 Å². The lowest BCUT2D eigenvalue weighted by Crippen LogP contribution is -2.30. The summed E-state index contributed by atoms with van der Waals surface area (Å²) in [5.41, 5.74) is 2.57. The molecular formula is C27H25NO5. The summed E-state index contributed by atoms with van der Waals surface area (Å²) in [6, 6.07) is 20.5. The zero-order chi connectivity index (χ0) is 23.5. The molecule has 0 spiro atoms. The van der Waals surface area contributed by atoms with Crippen LogP contribution >= 0.6 is 0 Å². The number of ether oxygens (including phenoxy) is 2. The van der Waals surface area contributed by atoms with Gasteiger partial charge in [-0.1, -0.05) is 30.3 Å². The minimum Gasteiger partial charge on any atom is -0.507 e. The molecule has 3 aromatic rings. The highest BCUT2D eigenvalue weighted by Crippen LogP contribution is 2.43. The van der Waals surface area contributed by atoms with Gasteiger partial charge in [-0.05, 0) is 67.4 Å². The molecule has 33 heavy (non-hydrogen) atoms. The quantitative estimate of drug-likeness (QED) is 0.329. The molecule has 1 heterocycles. The molecule has 0 bridgehead atoms. The van der Waals surface area contributed by atoms with Crippen molar-refractivity contribution in [2.45, 2.75) is 19.9 Å². The number of carbonyl (C=O) groups is 2. The number of para-hydroxylation sites is 1. The van der Waals surface area contributed by atoms with Crippen molar-refractivity contribution in [3.8, 4) is 11.5 Å². The van der Waals surface area contributed by atoms with Crippen LogP contribution in [0.5, 0.6) is 11.5 Å². The van der Waals surface area contributed by atoms with E-state index in [0.29, 0.717) is 34.9 Å². The van der Waals surface area contributed by atoms with Gasteiger partial charge in [-0.15, -0.1) is 0 Å². The van der Waals surface area contributed by atoms with Crippen LogP contribution < -0.4 is 14.4 Å². The molecule has 1 fully saturated rings. The topological polar surface area (TPSA) is 76.1 Å². The molecule has 1 amide bonds. The highest BCUT2D eigenvalue weighted by molar-refractivity contribution is 6.51. The molecule has 0 aliphatic carbocycles. The fourth-order valence-electron chi connectivity index (χ4n) is 4.08. The first-order valence-electron chi connectivity index (χ1n) is 10.7. The van der Waals surface area contributed by atoms with Crippen molar-refractivity contribution < 1.29 is 24.2 Å². The summed E-state index contributed by atoms with van der Waals surface area (Å²) in [6.45, 7) is 4.24. The Morgan fingerprint density at radius 1 is 0.970 bits per heavy atom. The summed E-state index contributed by atoms with van der Waals surface area (Å²) in [5.74, 6) is -0.425. The van der Waals surface area contributed by atoms with Crippen molar-refractivity contribution in [1.29, 1.82) is 0 Å². The average molecular weight is 443 g/mol. The summed E-state index contributed by atoms with van der Waals surface area (Å²) in [7, 11) is 1.55. The third-order valence-corrected chi connectivity index (χ3v) is 5.67. The van der Waals surface area contributed by atoms with E-state index in [-0.39, 0.29) is 11.3 Å². The number of carbonyl (C=O) groups excluding carboxylic acids is 2. The lowest BCUT2D eigenvalue weighted by atomic mass is 9.94. The van der Waals surface area contributed by atoms with Gasteiger partial charge in [0, 0.05) is 11.3 Å². The van der Waals surface area contributed by atoms with Gasteiger partial charge in [-0.3, -0.25) is 14.5 Å². The molecule has 0 saturated carbocycles. The number of ketones is 1. The molecule has 168 valence electrons. The molecule has 1 aliphatic heterocycles. The minimum absolute atomic E-state index is 0.0297. The third kappa shape index (κ3) is 4.07. The van der Waals surface area contributed by atoms with Crippen LogP contribution in [-0.2, 0) is 9.59 Å². The SMILES string of the molecule is CCOc1cccc(C2/C(=C(/O)c3ccc(OC)cc3)C(=O)C(=O)N2c2ccccc2C)c1. The Morgan fingerprint density at radius 3 is 2.36 bits per heavy atom. The molecule has 1 N–H and O–H groups in total. The van der Waals surface area contributed by atoms with Crippen LogP contribution in [0.3, 0.4) is 0 Å². The van der Waals surface area contributed by atoms with E-state index in [1.54, 1.807) is 43.5 Å².